The van der Waals surface area contributed by atoms with E-state index in [1.54, 1.807) is 24.3 Å². The van der Waals surface area contributed by atoms with Gasteiger partial charge in [-0.25, -0.2) is 8.42 Å². The van der Waals surface area contributed by atoms with Crippen LogP contribution in [-0.4, -0.2) is 52.5 Å². The summed E-state index contributed by atoms with van der Waals surface area (Å²) in [4.78, 5) is 15.9. The SMILES string of the molecule is Cc1ccc(NS(=O)(=O)c2ccc(C(=O)N3CC[NH+](C)CC3)cc2)cc1. The minimum absolute atomic E-state index is 0.0482. The summed E-state index contributed by atoms with van der Waals surface area (Å²) in [7, 11) is -1.57. The third-order valence-electron chi connectivity index (χ3n) is 4.62. The van der Waals surface area contributed by atoms with Gasteiger partial charge in [0.05, 0.1) is 38.1 Å². The predicted molar refractivity (Wildman–Crippen MR) is 101 cm³/mol. The summed E-state index contributed by atoms with van der Waals surface area (Å²) in [6, 6.07) is 13.2. The van der Waals surface area contributed by atoms with Crippen molar-refractivity contribution in [2.75, 3.05) is 37.9 Å². The molecule has 138 valence electrons. The molecule has 6 nitrogen and oxygen atoms in total. The second-order valence-corrected chi connectivity index (χ2v) is 8.43. The van der Waals surface area contributed by atoms with Crippen LogP contribution in [-0.2, 0) is 10.0 Å². The van der Waals surface area contributed by atoms with Crippen LogP contribution in [0.5, 0.6) is 0 Å². The van der Waals surface area contributed by atoms with E-state index in [1.807, 2.05) is 24.0 Å². The fraction of sp³-hybridized carbons (Fsp3) is 0.316. The van der Waals surface area contributed by atoms with Gasteiger partial charge in [0.2, 0.25) is 0 Å². The summed E-state index contributed by atoms with van der Waals surface area (Å²) in [6.45, 7) is 5.24. The fourth-order valence-corrected chi connectivity index (χ4v) is 3.95. The van der Waals surface area contributed by atoms with Crippen molar-refractivity contribution in [1.82, 2.24) is 4.90 Å². The third-order valence-corrected chi connectivity index (χ3v) is 6.02. The maximum Gasteiger partial charge on any atom is 0.261 e. The van der Waals surface area contributed by atoms with Crippen molar-refractivity contribution in [1.29, 1.82) is 0 Å². The number of aryl methyl sites for hydroxylation is 1. The normalized spacial score (nSPS) is 15.7. The van der Waals surface area contributed by atoms with Crippen LogP contribution in [0.3, 0.4) is 0 Å². The van der Waals surface area contributed by atoms with Gasteiger partial charge >= 0.3 is 0 Å². The van der Waals surface area contributed by atoms with Gasteiger partial charge in [-0.05, 0) is 43.3 Å². The number of quaternary nitrogens is 1. The van der Waals surface area contributed by atoms with Crippen LogP contribution in [0.4, 0.5) is 5.69 Å². The van der Waals surface area contributed by atoms with Crippen molar-refractivity contribution >= 4 is 21.6 Å². The molecule has 2 aromatic rings. The van der Waals surface area contributed by atoms with Crippen molar-refractivity contribution < 1.29 is 18.1 Å². The van der Waals surface area contributed by atoms with Crippen molar-refractivity contribution in [2.45, 2.75) is 11.8 Å². The minimum atomic E-state index is -3.68. The Morgan fingerprint density at radius 1 is 1.00 bits per heavy atom. The van der Waals surface area contributed by atoms with Gasteiger partial charge in [0, 0.05) is 11.3 Å². The van der Waals surface area contributed by atoms with Crippen molar-refractivity contribution in [3.05, 3.63) is 59.7 Å². The largest absolute Gasteiger partial charge is 0.334 e. The number of benzene rings is 2. The lowest BCUT2D eigenvalue weighted by molar-refractivity contribution is -0.883. The second kappa shape index (κ2) is 7.47. The molecule has 7 heteroatoms. The number of piperazine rings is 1. The molecule has 0 bridgehead atoms. The molecule has 1 aliphatic rings. The highest BCUT2D eigenvalue weighted by molar-refractivity contribution is 7.92. The number of carbonyl (C=O) groups excluding carboxylic acids is 1. The molecule has 2 aromatic carbocycles. The number of likely N-dealkylation sites (N-methyl/N-ethyl adjacent to an activating group) is 1. The highest BCUT2D eigenvalue weighted by Crippen LogP contribution is 2.18. The Morgan fingerprint density at radius 2 is 1.58 bits per heavy atom. The zero-order chi connectivity index (χ0) is 18.7. The van der Waals surface area contributed by atoms with Gasteiger partial charge in [-0.2, -0.15) is 0 Å². The van der Waals surface area contributed by atoms with Gasteiger partial charge < -0.3 is 9.80 Å². The molecule has 0 atom stereocenters. The molecule has 1 amide bonds. The quantitative estimate of drug-likeness (QED) is 0.830. The van der Waals surface area contributed by atoms with E-state index in [1.165, 1.54) is 17.0 Å². The first-order chi connectivity index (χ1) is 12.3. The molecule has 1 saturated heterocycles. The summed E-state index contributed by atoms with van der Waals surface area (Å²) >= 11 is 0. The highest BCUT2D eigenvalue weighted by atomic mass is 32.2. The van der Waals surface area contributed by atoms with Crippen LogP contribution in [0, 0.1) is 6.92 Å². The highest BCUT2D eigenvalue weighted by Gasteiger charge is 2.23. The van der Waals surface area contributed by atoms with Gasteiger partial charge in [0.25, 0.3) is 15.9 Å². The molecule has 0 aromatic heterocycles. The first-order valence-corrected chi connectivity index (χ1v) is 10.1. The van der Waals surface area contributed by atoms with Crippen molar-refractivity contribution in [3.63, 3.8) is 0 Å². The van der Waals surface area contributed by atoms with Gasteiger partial charge in [0.1, 0.15) is 0 Å². The smallest absolute Gasteiger partial charge is 0.261 e. The topological polar surface area (TPSA) is 70.9 Å². The molecule has 1 heterocycles. The summed E-state index contributed by atoms with van der Waals surface area (Å²) in [6.07, 6.45) is 0. The molecule has 2 N–H and O–H groups in total. The minimum Gasteiger partial charge on any atom is -0.334 e. The summed E-state index contributed by atoms with van der Waals surface area (Å²) in [5, 5.41) is 0. The Labute approximate surface area is 154 Å². The van der Waals surface area contributed by atoms with Crippen molar-refractivity contribution in [2.24, 2.45) is 0 Å². The summed E-state index contributed by atoms with van der Waals surface area (Å²) in [5.41, 5.74) is 2.08. The van der Waals surface area contributed by atoms with Gasteiger partial charge in [-0.3, -0.25) is 9.52 Å². The molecule has 0 spiro atoms. The molecule has 26 heavy (non-hydrogen) atoms. The molecule has 1 aliphatic heterocycles. The van der Waals surface area contributed by atoms with Crippen LogP contribution in [0.1, 0.15) is 15.9 Å². The zero-order valence-corrected chi connectivity index (χ0v) is 15.8. The van der Waals surface area contributed by atoms with E-state index >= 15 is 0 Å². The number of sulfonamides is 1. The Balaban J connectivity index is 1.72. The number of amides is 1. The number of hydrogen-bond acceptors (Lipinski definition) is 3. The van der Waals surface area contributed by atoms with E-state index in [4.69, 9.17) is 0 Å². The maximum absolute atomic E-state index is 12.5. The van der Waals surface area contributed by atoms with Crippen LogP contribution in [0.2, 0.25) is 0 Å². The Hall–Kier alpha value is -2.38. The average molecular weight is 374 g/mol. The third kappa shape index (κ3) is 4.23. The number of nitrogens with zero attached hydrogens (tertiary/aromatic N) is 1. The van der Waals surface area contributed by atoms with Gasteiger partial charge in [-0.1, -0.05) is 17.7 Å². The molecule has 3 rings (SSSR count). The van der Waals surface area contributed by atoms with E-state index < -0.39 is 10.0 Å². The van der Waals surface area contributed by atoms with Crippen LogP contribution in [0.15, 0.2) is 53.4 Å². The summed E-state index contributed by atoms with van der Waals surface area (Å²) in [5.74, 6) is -0.0482. The summed E-state index contributed by atoms with van der Waals surface area (Å²) < 4.78 is 27.5. The lowest BCUT2D eigenvalue weighted by Gasteiger charge is -2.30. The van der Waals surface area contributed by atoms with Crippen LogP contribution in [0.25, 0.3) is 0 Å². The Bertz CT molecular complexity index is 869. The van der Waals surface area contributed by atoms with Crippen LogP contribution < -0.4 is 9.62 Å². The molecule has 1 fully saturated rings. The maximum atomic E-state index is 12.5. The molecule has 0 aliphatic carbocycles. The molecular weight excluding hydrogens is 350 g/mol. The monoisotopic (exact) mass is 374 g/mol. The zero-order valence-electron chi connectivity index (χ0n) is 15.0. The van der Waals surface area contributed by atoms with Gasteiger partial charge in [-0.15, -0.1) is 0 Å². The first kappa shape index (κ1) is 18.4. The predicted octanol–water partition coefficient (Wildman–Crippen LogP) is 0.766. The van der Waals surface area contributed by atoms with Crippen LogP contribution >= 0.6 is 0 Å². The van der Waals surface area contributed by atoms with Crippen molar-refractivity contribution in [3.8, 4) is 0 Å². The number of anilines is 1. The van der Waals surface area contributed by atoms with E-state index in [0.29, 0.717) is 11.3 Å². The number of carbonyl (C=O) groups is 1. The van der Waals surface area contributed by atoms with E-state index in [9.17, 15) is 13.2 Å². The standard InChI is InChI=1S/C19H23N3O3S/c1-15-3-7-17(8-4-15)20-26(24,25)18-9-5-16(6-10-18)19(23)22-13-11-21(2)12-14-22/h3-10,20H,11-14H2,1-2H3/p+1. The average Bonchev–Trinajstić information content (AvgIpc) is 2.64. The van der Waals surface area contributed by atoms with E-state index in [2.05, 4.69) is 11.8 Å². The Kier molecular flexibility index (Phi) is 5.29. The number of hydrogen-bond donors (Lipinski definition) is 2. The second-order valence-electron chi connectivity index (χ2n) is 6.75. The van der Waals surface area contributed by atoms with E-state index in [-0.39, 0.29) is 10.8 Å². The van der Waals surface area contributed by atoms with E-state index in [0.717, 1.165) is 31.7 Å². The fourth-order valence-electron chi connectivity index (χ4n) is 2.89. The lowest BCUT2D eigenvalue weighted by Crippen LogP contribution is -3.12. The first-order valence-electron chi connectivity index (χ1n) is 8.65. The number of nitrogens with one attached hydrogen (secondary N) is 2. The lowest BCUT2D eigenvalue weighted by atomic mass is 10.2. The van der Waals surface area contributed by atoms with Gasteiger partial charge in [0.15, 0.2) is 0 Å². The molecular formula is C19H24N3O3S+. The molecule has 0 radical (unpaired) electrons. The number of rotatable bonds is 4. The molecule has 0 unspecified atom stereocenters. The molecule has 0 saturated carbocycles. The Morgan fingerprint density at radius 3 is 2.15 bits per heavy atom.